The lowest BCUT2D eigenvalue weighted by Crippen LogP contribution is -2.44. The van der Waals surface area contributed by atoms with Gasteiger partial charge in [-0.25, -0.2) is 5.84 Å². The number of nitrogens with two attached hydrogens (primary N) is 1. The topological polar surface area (TPSA) is 66.6 Å². The molecule has 1 aromatic rings. The number of nitrogens with zero attached hydrogens (tertiary/aromatic N) is 2. The monoisotopic (exact) mass is 303 g/mol. The summed E-state index contributed by atoms with van der Waals surface area (Å²) in [5.41, 5.74) is 1.27. The number of ketones is 1. The fraction of sp³-hybridized carbons (Fsp3) is 0.529. The predicted molar refractivity (Wildman–Crippen MR) is 86.3 cm³/mol. The summed E-state index contributed by atoms with van der Waals surface area (Å²) in [6.07, 6.45) is 4.00. The van der Waals surface area contributed by atoms with Crippen molar-refractivity contribution in [2.24, 2.45) is 5.84 Å². The Morgan fingerprint density at radius 2 is 1.86 bits per heavy atom. The number of piperidine rings is 1. The second-order valence-corrected chi connectivity index (χ2v) is 5.94. The van der Waals surface area contributed by atoms with Crippen LogP contribution < -0.4 is 5.84 Å². The number of hydrazine groups is 1. The van der Waals surface area contributed by atoms with E-state index in [4.69, 9.17) is 5.84 Å². The molecule has 1 heterocycles. The molecular formula is C17H25N3O2. The number of hydrogen-bond acceptors (Lipinski definition) is 4. The normalized spacial score (nSPS) is 15.5. The summed E-state index contributed by atoms with van der Waals surface area (Å²) in [4.78, 5) is 26.2. The number of hydrogen-bond donors (Lipinski definition) is 1. The molecule has 0 bridgehead atoms. The highest BCUT2D eigenvalue weighted by molar-refractivity contribution is 5.96. The summed E-state index contributed by atoms with van der Waals surface area (Å²) in [6.45, 7) is 5.01. The van der Waals surface area contributed by atoms with Gasteiger partial charge in [0, 0.05) is 18.5 Å². The van der Waals surface area contributed by atoms with Crippen LogP contribution in [0.4, 0.5) is 0 Å². The maximum absolute atomic E-state index is 12.5. The van der Waals surface area contributed by atoms with Crippen LogP contribution in [0.3, 0.4) is 0 Å². The minimum Gasteiger partial charge on any atom is -0.302 e. The fourth-order valence-corrected chi connectivity index (χ4v) is 2.84. The van der Waals surface area contributed by atoms with E-state index in [1.165, 1.54) is 31.2 Å². The SMILES string of the molecule is CC(=O)Cc1ccccc1C(=O)N(N)CCN1CCCCC1. The highest BCUT2D eigenvalue weighted by atomic mass is 16.2. The number of carbonyl (C=O) groups is 2. The molecule has 120 valence electrons. The Labute approximate surface area is 132 Å². The van der Waals surface area contributed by atoms with E-state index in [1.54, 1.807) is 12.1 Å². The van der Waals surface area contributed by atoms with Crippen molar-refractivity contribution in [1.29, 1.82) is 0 Å². The van der Waals surface area contributed by atoms with E-state index in [2.05, 4.69) is 4.90 Å². The van der Waals surface area contributed by atoms with Gasteiger partial charge < -0.3 is 4.90 Å². The van der Waals surface area contributed by atoms with Crippen molar-refractivity contribution in [3.05, 3.63) is 35.4 Å². The maximum atomic E-state index is 12.5. The van der Waals surface area contributed by atoms with Crippen LogP contribution in [0.1, 0.15) is 42.1 Å². The number of Topliss-reactive ketones (excluding diaryl/α,β-unsaturated/α-hetero) is 1. The fourth-order valence-electron chi connectivity index (χ4n) is 2.84. The highest BCUT2D eigenvalue weighted by Crippen LogP contribution is 2.13. The molecule has 1 aliphatic heterocycles. The summed E-state index contributed by atoms with van der Waals surface area (Å²) < 4.78 is 0. The lowest BCUT2D eigenvalue weighted by atomic mass is 10.0. The number of likely N-dealkylation sites (tertiary alicyclic amines) is 1. The predicted octanol–water partition coefficient (Wildman–Crippen LogP) is 1.62. The lowest BCUT2D eigenvalue weighted by Gasteiger charge is -2.28. The minimum absolute atomic E-state index is 0.0390. The molecule has 22 heavy (non-hydrogen) atoms. The molecule has 5 nitrogen and oxygen atoms in total. The molecule has 0 aliphatic carbocycles. The molecule has 0 radical (unpaired) electrons. The van der Waals surface area contributed by atoms with E-state index < -0.39 is 0 Å². The van der Waals surface area contributed by atoms with Gasteiger partial charge in [-0.05, 0) is 44.5 Å². The molecule has 0 spiro atoms. The third-order valence-electron chi connectivity index (χ3n) is 4.05. The molecule has 2 N–H and O–H groups in total. The van der Waals surface area contributed by atoms with Crippen molar-refractivity contribution in [2.45, 2.75) is 32.6 Å². The molecule has 0 aromatic heterocycles. The van der Waals surface area contributed by atoms with Crippen molar-refractivity contribution in [1.82, 2.24) is 9.91 Å². The first-order valence-corrected chi connectivity index (χ1v) is 7.94. The van der Waals surface area contributed by atoms with Gasteiger partial charge in [-0.2, -0.15) is 0 Å². The number of benzene rings is 1. The van der Waals surface area contributed by atoms with Gasteiger partial charge in [0.2, 0.25) is 0 Å². The van der Waals surface area contributed by atoms with Gasteiger partial charge in [-0.1, -0.05) is 24.6 Å². The van der Waals surface area contributed by atoms with E-state index >= 15 is 0 Å². The molecule has 1 amide bonds. The van der Waals surface area contributed by atoms with Crippen LogP contribution in [0.15, 0.2) is 24.3 Å². The molecule has 1 saturated heterocycles. The average molecular weight is 303 g/mol. The van der Waals surface area contributed by atoms with Crippen molar-refractivity contribution in [2.75, 3.05) is 26.2 Å². The summed E-state index contributed by atoms with van der Waals surface area (Å²) in [5, 5.41) is 1.27. The quantitative estimate of drug-likeness (QED) is 0.493. The number of carbonyl (C=O) groups excluding carboxylic acids is 2. The van der Waals surface area contributed by atoms with Gasteiger partial charge in [-0.15, -0.1) is 0 Å². The highest BCUT2D eigenvalue weighted by Gasteiger charge is 2.18. The van der Waals surface area contributed by atoms with Crippen molar-refractivity contribution in [3.63, 3.8) is 0 Å². The first kappa shape index (κ1) is 16.6. The molecule has 2 rings (SSSR count). The molecule has 5 heteroatoms. The van der Waals surface area contributed by atoms with Gasteiger partial charge in [0.25, 0.3) is 5.91 Å². The van der Waals surface area contributed by atoms with Crippen LogP contribution in [0, 0.1) is 0 Å². The number of rotatable bonds is 6. The van der Waals surface area contributed by atoms with Crippen LogP contribution in [-0.4, -0.2) is 47.8 Å². The van der Waals surface area contributed by atoms with Crippen LogP contribution in [0.25, 0.3) is 0 Å². The second kappa shape index (κ2) is 8.06. The lowest BCUT2D eigenvalue weighted by molar-refractivity contribution is -0.116. The summed E-state index contributed by atoms with van der Waals surface area (Å²) in [7, 11) is 0. The zero-order valence-corrected chi connectivity index (χ0v) is 13.3. The van der Waals surface area contributed by atoms with Crippen LogP contribution in [-0.2, 0) is 11.2 Å². The summed E-state index contributed by atoms with van der Waals surface area (Å²) >= 11 is 0. The van der Waals surface area contributed by atoms with Crippen molar-refractivity contribution < 1.29 is 9.59 Å². The first-order chi connectivity index (χ1) is 10.6. The Hall–Kier alpha value is -1.72. The molecule has 1 fully saturated rings. The summed E-state index contributed by atoms with van der Waals surface area (Å²) in [6, 6.07) is 7.19. The number of amides is 1. The van der Waals surface area contributed by atoms with Gasteiger partial charge in [0.1, 0.15) is 5.78 Å². The maximum Gasteiger partial charge on any atom is 0.268 e. The molecule has 1 aromatic carbocycles. The van der Waals surface area contributed by atoms with Gasteiger partial charge in [-0.3, -0.25) is 14.6 Å². The Morgan fingerprint density at radius 1 is 1.18 bits per heavy atom. The van der Waals surface area contributed by atoms with E-state index in [0.29, 0.717) is 12.1 Å². The molecule has 0 atom stereocenters. The summed E-state index contributed by atoms with van der Waals surface area (Å²) in [5.74, 6) is 5.76. The standard InChI is InChI=1S/C17H25N3O2/c1-14(21)13-15-7-3-4-8-16(15)17(22)20(18)12-11-19-9-5-2-6-10-19/h3-4,7-8H,2,5-6,9-13,18H2,1H3. The van der Waals surface area contributed by atoms with Crippen LogP contribution >= 0.6 is 0 Å². The molecule has 0 unspecified atom stereocenters. The zero-order chi connectivity index (χ0) is 15.9. The van der Waals surface area contributed by atoms with Gasteiger partial charge in [0.05, 0.1) is 6.54 Å². The third-order valence-corrected chi connectivity index (χ3v) is 4.05. The van der Waals surface area contributed by atoms with E-state index in [9.17, 15) is 9.59 Å². The van der Waals surface area contributed by atoms with Gasteiger partial charge in [0.15, 0.2) is 0 Å². The Bertz CT molecular complexity index is 524. The molecular weight excluding hydrogens is 278 g/mol. The molecule has 1 aliphatic rings. The van der Waals surface area contributed by atoms with E-state index in [0.717, 1.165) is 25.2 Å². The van der Waals surface area contributed by atoms with Gasteiger partial charge >= 0.3 is 0 Å². The zero-order valence-electron chi connectivity index (χ0n) is 13.3. The smallest absolute Gasteiger partial charge is 0.268 e. The third kappa shape index (κ3) is 4.64. The van der Waals surface area contributed by atoms with Crippen molar-refractivity contribution in [3.8, 4) is 0 Å². The van der Waals surface area contributed by atoms with E-state index in [-0.39, 0.29) is 18.1 Å². The largest absolute Gasteiger partial charge is 0.302 e. The average Bonchev–Trinajstić information content (AvgIpc) is 2.53. The minimum atomic E-state index is -0.214. The van der Waals surface area contributed by atoms with Crippen LogP contribution in [0.2, 0.25) is 0 Å². The first-order valence-electron chi connectivity index (χ1n) is 7.94. The Morgan fingerprint density at radius 3 is 2.55 bits per heavy atom. The van der Waals surface area contributed by atoms with Crippen molar-refractivity contribution >= 4 is 11.7 Å². The van der Waals surface area contributed by atoms with Crippen LogP contribution in [0.5, 0.6) is 0 Å². The molecule has 0 saturated carbocycles. The Kier molecular flexibility index (Phi) is 6.10. The Balaban J connectivity index is 1.96. The van der Waals surface area contributed by atoms with E-state index in [1.807, 2.05) is 12.1 Å². The second-order valence-electron chi connectivity index (χ2n) is 5.94.